The van der Waals surface area contributed by atoms with Gasteiger partial charge in [0.25, 0.3) is 0 Å². The van der Waals surface area contributed by atoms with E-state index in [1.165, 1.54) is 25.7 Å². The van der Waals surface area contributed by atoms with Crippen LogP contribution >= 0.6 is 0 Å². The van der Waals surface area contributed by atoms with Gasteiger partial charge in [-0.1, -0.05) is 12.8 Å². The third-order valence-electron chi connectivity index (χ3n) is 7.06. The first-order valence-electron chi connectivity index (χ1n) is 11.7. The lowest BCUT2D eigenvalue weighted by Crippen LogP contribution is -2.43. The van der Waals surface area contributed by atoms with Crippen molar-refractivity contribution in [2.75, 3.05) is 13.1 Å². The molecule has 7 heteroatoms. The number of piperidine rings is 1. The molecule has 6 rings (SSSR count). The van der Waals surface area contributed by atoms with Gasteiger partial charge in [0.1, 0.15) is 11.9 Å². The lowest BCUT2D eigenvalue weighted by molar-refractivity contribution is 0.0768. The van der Waals surface area contributed by atoms with Gasteiger partial charge in [0.15, 0.2) is 11.5 Å². The number of fused-ring (bicyclic) bond motifs is 3. The molecular formula is C25H28N6O. The van der Waals surface area contributed by atoms with E-state index >= 15 is 0 Å². The van der Waals surface area contributed by atoms with E-state index in [0.29, 0.717) is 6.10 Å². The van der Waals surface area contributed by atoms with Gasteiger partial charge in [-0.05, 0) is 62.9 Å². The Hall–Kier alpha value is -3.06. The second kappa shape index (κ2) is 8.13. The minimum absolute atomic E-state index is 0.305. The predicted octanol–water partition coefficient (Wildman–Crippen LogP) is 4.43. The molecule has 164 valence electrons. The van der Waals surface area contributed by atoms with Gasteiger partial charge in [-0.15, -0.1) is 10.2 Å². The monoisotopic (exact) mass is 428 g/mol. The molecule has 3 aromatic heterocycles. The van der Waals surface area contributed by atoms with Gasteiger partial charge in [0.05, 0.1) is 5.69 Å². The quantitative estimate of drug-likeness (QED) is 0.479. The number of rotatable bonds is 4. The van der Waals surface area contributed by atoms with Crippen LogP contribution in [0.3, 0.4) is 0 Å². The number of likely N-dealkylation sites (tertiary alicyclic amines) is 1. The number of hydrogen-bond acceptors (Lipinski definition) is 6. The summed E-state index contributed by atoms with van der Waals surface area (Å²) in [7, 11) is 0. The molecule has 7 nitrogen and oxygen atoms in total. The predicted molar refractivity (Wildman–Crippen MR) is 124 cm³/mol. The molecule has 0 N–H and O–H groups in total. The summed E-state index contributed by atoms with van der Waals surface area (Å²) in [5, 5.41) is 15.3. The van der Waals surface area contributed by atoms with Crippen molar-refractivity contribution in [2.45, 2.75) is 57.6 Å². The molecule has 1 aliphatic heterocycles. The second-order valence-corrected chi connectivity index (χ2v) is 9.07. The zero-order chi connectivity index (χ0) is 21.5. The van der Waals surface area contributed by atoms with E-state index in [0.717, 1.165) is 71.2 Å². The summed E-state index contributed by atoms with van der Waals surface area (Å²) < 4.78 is 8.13. The SMILES string of the molecule is Cc1nnc2c3cnccc3c(-c3ccc(OC4CCN(C5CCCC5)CC4)cc3)nn12. The second-order valence-electron chi connectivity index (χ2n) is 9.07. The van der Waals surface area contributed by atoms with Crippen LogP contribution < -0.4 is 4.74 Å². The molecule has 0 spiro atoms. The molecule has 1 aromatic carbocycles. The number of nitrogens with zero attached hydrogens (tertiary/aromatic N) is 6. The summed E-state index contributed by atoms with van der Waals surface area (Å²) in [4.78, 5) is 6.97. The molecule has 0 amide bonds. The van der Waals surface area contributed by atoms with Gasteiger partial charge in [0, 0.05) is 47.9 Å². The van der Waals surface area contributed by atoms with Crippen LogP contribution in [-0.4, -0.2) is 54.9 Å². The highest BCUT2D eigenvalue weighted by Gasteiger charge is 2.27. The molecule has 4 heterocycles. The van der Waals surface area contributed by atoms with Crippen LogP contribution in [0.15, 0.2) is 42.7 Å². The van der Waals surface area contributed by atoms with E-state index in [1.807, 2.05) is 19.2 Å². The summed E-state index contributed by atoms with van der Waals surface area (Å²) in [6.45, 7) is 4.24. The third-order valence-corrected chi connectivity index (χ3v) is 7.06. The summed E-state index contributed by atoms with van der Waals surface area (Å²) in [6.07, 6.45) is 11.7. The largest absolute Gasteiger partial charge is 0.490 e. The highest BCUT2D eigenvalue weighted by Crippen LogP contribution is 2.31. The molecule has 1 saturated carbocycles. The van der Waals surface area contributed by atoms with E-state index in [2.05, 4.69) is 44.3 Å². The van der Waals surface area contributed by atoms with Crippen molar-refractivity contribution in [1.29, 1.82) is 0 Å². The molecule has 0 bridgehead atoms. The molecule has 32 heavy (non-hydrogen) atoms. The first-order valence-corrected chi connectivity index (χ1v) is 11.7. The Morgan fingerprint density at radius 3 is 2.47 bits per heavy atom. The summed E-state index contributed by atoms with van der Waals surface area (Å²) in [5.41, 5.74) is 2.67. The van der Waals surface area contributed by atoms with Crippen LogP contribution in [0, 0.1) is 6.92 Å². The Balaban J connectivity index is 1.21. The van der Waals surface area contributed by atoms with E-state index in [1.54, 1.807) is 10.7 Å². The van der Waals surface area contributed by atoms with Crippen LogP contribution in [0.2, 0.25) is 0 Å². The van der Waals surface area contributed by atoms with Crippen molar-refractivity contribution in [1.82, 2.24) is 29.7 Å². The molecule has 4 aromatic rings. The van der Waals surface area contributed by atoms with Crippen molar-refractivity contribution in [3.63, 3.8) is 0 Å². The summed E-state index contributed by atoms with van der Waals surface area (Å²) >= 11 is 0. The van der Waals surface area contributed by atoms with Gasteiger partial charge >= 0.3 is 0 Å². The highest BCUT2D eigenvalue weighted by molar-refractivity contribution is 6.00. The lowest BCUT2D eigenvalue weighted by Gasteiger charge is -2.36. The fourth-order valence-corrected chi connectivity index (χ4v) is 5.30. The standard InChI is InChI=1S/C25H28N6O/c1-17-27-28-25-23-16-26-13-10-22(23)24(29-31(17)25)18-6-8-20(9-7-18)32-21-11-14-30(15-12-21)19-4-2-3-5-19/h6-10,13,16,19,21H,2-5,11-12,14-15H2,1H3. The average Bonchev–Trinajstić information content (AvgIpc) is 3.50. The van der Waals surface area contributed by atoms with Crippen molar-refractivity contribution in [3.8, 4) is 17.0 Å². The molecule has 2 aliphatic rings. The van der Waals surface area contributed by atoms with Gasteiger partial charge in [-0.2, -0.15) is 9.61 Å². The Kier molecular flexibility index (Phi) is 4.98. The minimum Gasteiger partial charge on any atom is -0.490 e. The Labute approximate surface area is 187 Å². The van der Waals surface area contributed by atoms with Gasteiger partial charge in [-0.3, -0.25) is 4.98 Å². The first kappa shape index (κ1) is 19.6. The van der Waals surface area contributed by atoms with Crippen LogP contribution in [0.5, 0.6) is 5.75 Å². The van der Waals surface area contributed by atoms with Crippen LogP contribution in [0.25, 0.3) is 27.7 Å². The zero-order valence-electron chi connectivity index (χ0n) is 18.4. The number of hydrogen-bond donors (Lipinski definition) is 0. The van der Waals surface area contributed by atoms with Crippen molar-refractivity contribution >= 4 is 16.4 Å². The summed E-state index contributed by atoms with van der Waals surface area (Å²) in [5.74, 6) is 1.69. The maximum atomic E-state index is 6.34. The molecule has 0 unspecified atom stereocenters. The summed E-state index contributed by atoms with van der Waals surface area (Å²) in [6, 6.07) is 11.1. The van der Waals surface area contributed by atoms with E-state index < -0.39 is 0 Å². The first-order chi connectivity index (χ1) is 15.8. The highest BCUT2D eigenvalue weighted by atomic mass is 16.5. The maximum Gasteiger partial charge on any atom is 0.187 e. The average molecular weight is 429 g/mol. The lowest BCUT2D eigenvalue weighted by atomic mass is 10.0. The molecular weight excluding hydrogens is 400 g/mol. The van der Waals surface area contributed by atoms with Crippen molar-refractivity contribution < 1.29 is 4.74 Å². The van der Waals surface area contributed by atoms with Crippen molar-refractivity contribution in [3.05, 3.63) is 48.5 Å². The van der Waals surface area contributed by atoms with E-state index in [9.17, 15) is 0 Å². The molecule has 0 radical (unpaired) electrons. The van der Waals surface area contributed by atoms with Gasteiger partial charge < -0.3 is 9.64 Å². The minimum atomic E-state index is 0.305. The third kappa shape index (κ3) is 3.50. The number of aromatic nitrogens is 5. The number of benzene rings is 1. The fraction of sp³-hybridized carbons (Fsp3) is 0.440. The molecule has 1 aliphatic carbocycles. The van der Waals surface area contributed by atoms with Crippen LogP contribution in [0.1, 0.15) is 44.3 Å². The normalized spacial score (nSPS) is 18.7. The van der Waals surface area contributed by atoms with Crippen LogP contribution in [-0.2, 0) is 0 Å². The fourth-order valence-electron chi connectivity index (χ4n) is 5.30. The Morgan fingerprint density at radius 2 is 1.69 bits per heavy atom. The molecule has 2 fully saturated rings. The zero-order valence-corrected chi connectivity index (χ0v) is 18.4. The van der Waals surface area contributed by atoms with Gasteiger partial charge in [0.2, 0.25) is 0 Å². The number of ether oxygens (including phenoxy) is 1. The smallest absolute Gasteiger partial charge is 0.187 e. The Bertz CT molecular complexity index is 1240. The van der Waals surface area contributed by atoms with Gasteiger partial charge in [-0.25, -0.2) is 0 Å². The van der Waals surface area contributed by atoms with E-state index in [-0.39, 0.29) is 0 Å². The number of pyridine rings is 1. The van der Waals surface area contributed by atoms with E-state index in [4.69, 9.17) is 9.84 Å². The molecule has 1 saturated heterocycles. The topological polar surface area (TPSA) is 68.4 Å². The Morgan fingerprint density at radius 1 is 0.906 bits per heavy atom. The number of aryl methyl sites for hydroxylation is 1. The maximum absolute atomic E-state index is 6.34. The molecule has 0 atom stereocenters. The van der Waals surface area contributed by atoms with Crippen molar-refractivity contribution in [2.24, 2.45) is 0 Å². The van der Waals surface area contributed by atoms with Crippen LogP contribution in [0.4, 0.5) is 0 Å².